The van der Waals surface area contributed by atoms with E-state index in [1.54, 1.807) is 10.4 Å². The molecule has 4 nitrogen and oxygen atoms in total. The lowest BCUT2D eigenvalue weighted by atomic mass is 10.1. The summed E-state index contributed by atoms with van der Waals surface area (Å²) in [6.45, 7) is 1.56. The molecule has 1 aliphatic heterocycles. The van der Waals surface area contributed by atoms with Crippen LogP contribution in [-0.2, 0) is 10.0 Å². The molecule has 1 N–H and O–H groups in total. The second kappa shape index (κ2) is 6.45. The molecule has 8 heteroatoms. The Morgan fingerprint density at radius 2 is 2.14 bits per heavy atom. The number of halogens is 2. The number of nitrogens with zero attached hydrogens (tertiary/aromatic N) is 1. The predicted molar refractivity (Wildman–Crippen MR) is 89.6 cm³/mol. The molecule has 2 aliphatic rings. The number of hydrogen-bond donors (Lipinski definition) is 1. The van der Waals surface area contributed by atoms with Gasteiger partial charge in [-0.25, -0.2) is 8.42 Å². The molecule has 1 aliphatic carbocycles. The molecule has 1 aromatic rings. The molecule has 2 fully saturated rings. The van der Waals surface area contributed by atoms with Gasteiger partial charge in [0.2, 0.25) is 0 Å². The van der Waals surface area contributed by atoms with E-state index in [4.69, 9.17) is 11.6 Å². The summed E-state index contributed by atoms with van der Waals surface area (Å²) in [7, 11) is -3.44. The van der Waals surface area contributed by atoms with Gasteiger partial charge in [-0.3, -0.25) is 0 Å². The lowest BCUT2D eigenvalue weighted by molar-refractivity contribution is 0.308. The van der Waals surface area contributed by atoms with Gasteiger partial charge in [0.1, 0.15) is 4.21 Å². The summed E-state index contributed by atoms with van der Waals surface area (Å²) >= 11 is 10.5. The maximum atomic E-state index is 12.9. The maximum Gasteiger partial charge on any atom is 0.252 e. The molecular formula is C13H18BrClN2O2S2. The highest BCUT2D eigenvalue weighted by Crippen LogP contribution is 2.39. The molecular weight excluding hydrogens is 396 g/mol. The molecule has 1 atom stereocenters. The summed E-state index contributed by atoms with van der Waals surface area (Å²) < 4.78 is 28.5. The van der Waals surface area contributed by atoms with Crippen molar-refractivity contribution >= 4 is 48.9 Å². The fourth-order valence-electron chi connectivity index (χ4n) is 2.67. The van der Waals surface area contributed by atoms with Gasteiger partial charge in [0.15, 0.2) is 0 Å². The average molecular weight is 414 g/mol. The Bertz CT molecular complexity index is 590. The minimum absolute atomic E-state index is 0.165. The van der Waals surface area contributed by atoms with E-state index in [2.05, 4.69) is 21.2 Å². The van der Waals surface area contributed by atoms with Gasteiger partial charge in [0, 0.05) is 18.6 Å². The molecule has 2 heterocycles. The molecule has 118 valence electrons. The lowest BCUT2D eigenvalue weighted by Crippen LogP contribution is -2.46. The number of piperidine rings is 1. The predicted octanol–water partition coefficient (Wildman–Crippen LogP) is 3.46. The van der Waals surface area contributed by atoms with E-state index in [0.717, 1.165) is 25.8 Å². The Morgan fingerprint density at radius 1 is 1.38 bits per heavy atom. The Labute approximate surface area is 143 Å². The minimum Gasteiger partial charge on any atom is -0.313 e. The van der Waals surface area contributed by atoms with Crippen molar-refractivity contribution in [2.75, 3.05) is 13.1 Å². The molecule has 1 saturated carbocycles. The van der Waals surface area contributed by atoms with Crippen LogP contribution in [0.25, 0.3) is 0 Å². The Balaban J connectivity index is 1.82. The molecule has 1 aromatic heterocycles. The zero-order valence-corrected chi connectivity index (χ0v) is 15.5. The summed E-state index contributed by atoms with van der Waals surface area (Å²) in [6, 6.07) is 1.99. The van der Waals surface area contributed by atoms with E-state index in [1.807, 2.05) is 0 Å². The standard InChI is InChI=1S/C13H18BrClN2O2S2/c14-13-11(15)7-12(20-13)21(18,19)17(10-4-5-10)8-9-3-1-2-6-16-9/h7,9-10,16H,1-6,8H2. The van der Waals surface area contributed by atoms with Crippen LogP contribution in [0.5, 0.6) is 0 Å². The van der Waals surface area contributed by atoms with Crippen molar-refractivity contribution in [2.45, 2.75) is 48.4 Å². The summed E-state index contributed by atoms with van der Waals surface area (Å²) in [5, 5.41) is 3.90. The molecule has 0 aromatic carbocycles. The summed E-state index contributed by atoms with van der Waals surface area (Å²) in [4.78, 5) is 0. The van der Waals surface area contributed by atoms with Gasteiger partial charge in [0.25, 0.3) is 10.0 Å². The smallest absolute Gasteiger partial charge is 0.252 e. The molecule has 0 amide bonds. The highest BCUT2D eigenvalue weighted by molar-refractivity contribution is 9.11. The lowest BCUT2D eigenvalue weighted by Gasteiger charge is -2.29. The summed E-state index contributed by atoms with van der Waals surface area (Å²) in [6.07, 6.45) is 5.33. The molecule has 0 spiro atoms. The first kappa shape index (κ1) is 16.2. The Kier molecular flexibility index (Phi) is 4.98. The summed E-state index contributed by atoms with van der Waals surface area (Å²) in [5.41, 5.74) is 0. The fourth-order valence-corrected chi connectivity index (χ4v) is 6.93. The van der Waals surface area contributed by atoms with Gasteiger partial charge in [0.05, 0.1) is 8.81 Å². The van der Waals surface area contributed by atoms with E-state index in [1.165, 1.54) is 24.2 Å². The van der Waals surface area contributed by atoms with Crippen molar-refractivity contribution < 1.29 is 8.42 Å². The van der Waals surface area contributed by atoms with Crippen LogP contribution in [0.4, 0.5) is 0 Å². The zero-order chi connectivity index (χ0) is 15.0. The van der Waals surface area contributed by atoms with Crippen LogP contribution in [-0.4, -0.2) is 37.9 Å². The van der Waals surface area contributed by atoms with Crippen molar-refractivity contribution in [1.29, 1.82) is 0 Å². The van der Waals surface area contributed by atoms with Gasteiger partial charge < -0.3 is 5.32 Å². The highest BCUT2D eigenvalue weighted by atomic mass is 79.9. The minimum atomic E-state index is -3.44. The number of sulfonamides is 1. The summed E-state index contributed by atoms with van der Waals surface area (Å²) in [5.74, 6) is 0. The Hall–Kier alpha value is 0.340. The van der Waals surface area contributed by atoms with Crippen LogP contribution < -0.4 is 5.32 Å². The van der Waals surface area contributed by atoms with E-state index >= 15 is 0 Å². The third-order valence-electron chi connectivity index (χ3n) is 3.95. The first-order valence-electron chi connectivity index (χ1n) is 7.18. The van der Waals surface area contributed by atoms with E-state index in [-0.39, 0.29) is 12.1 Å². The third-order valence-corrected chi connectivity index (χ3v) is 8.79. The molecule has 3 rings (SSSR count). The molecule has 21 heavy (non-hydrogen) atoms. The first-order valence-corrected chi connectivity index (χ1v) is 10.6. The van der Waals surface area contributed by atoms with Gasteiger partial charge in [-0.05, 0) is 54.2 Å². The first-order chi connectivity index (χ1) is 9.98. The van der Waals surface area contributed by atoms with Gasteiger partial charge >= 0.3 is 0 Å². The van der Waals surface area contributed by atoms with Crippen molar-refractivity contribution in [2.24, 2.45) is 0 Å². The van der Waals surface area contributed by atoms with Crippen LogP contribution in [0.3, 0.4) is 0 Å². The second-order valence-corrected chi connectivity index (χ2v) is 10.5. The van der Waals surface area contributed by atoms with Crippen LogP contribution >= 0.6 is 38.9 Å². The number of hydrogen-bond acceptors (Lipinski definition) is 4. The van der Waals surface area contributed by atoms with Crippen molar-refractivity contribution in [3.05, 3.63) is 14.9 Å². The highest BCUT2D eigenvalue weighted by Gasteiger charge is 2.40. The van der Waals surface area contributed by atoms with Crippen LogP contribution in [0, 0.1) is 0 Å². The zero-order valence-electron chi connectivity index (χ0n) is 11.5. The Morgan fingerprint density at radius 3 is 2.67 bits per heavy atom. The number of nitrogens with one attached hydrogen (secondary N) is 1. The second-order valence-electron chi connectivity index (χ2n) is 5.64. The normalized spacial score (nSPS) is 23.7. The van der Waals surface area contributed by atoms with Gasteiger partial charge in [-0.15, -0.1) is 11.3 Å². The number of thiophene rings is 1. The number of rotatable bonds is 5. The molecule has 0 bridgehead atoms. The quantitative estimate of drug-likeness (QED) is 0.804. The van der Waals surface area contributed by atoms with E-state index < -0.39 is 10.0 Å². The van der Waals surface area contributed by atoms with Crippen LogP contribution in [0.1, 0.15) is 32.1 Å². The average Bonchev–Trinajstić information content (AvgIpc) is 3.23. The maximum absolute atomic E-state index is 12.9. The molecule has 1 saturated heterocycles. The fraction of sp³-hybridized carbons (Fsp3) is 0.692. The van der Waals surface area contributed by atoms with Crippen LogP contribution in [0.2, 0.25) is 5.02 Å². The topological polar surface area (TPSA) is 49.4 Å². The van der Waals surface area contributed by atoms with Gasteiger partial charge in [-0.1, -0.05) is 18.0 Å². The van der Waals surface area contributed by atoms with E-state index in [9.17, 15) is 8.42 Å². The molecule has 0 radical (unpaired) electrons. The third kappa shape index (κ3) is 3.64. The molecule has 1 unspecified atom stereocenters. The SMILES string of the molecule is O=S(=O)(c1cc(Cl)c(Br)s1)N(CC1CCCCN1)C1CC1. The van der Waals surface area contributed by atoms with Gasteiger partial charge in [-0.2, -0.15) is 4.31 Å². The van der Waals surface area contributed by atoms with Crippen molar-refractivity contribution in [3.63, 3.8) is 0 Å². The van der Waals surface area contributed by atoms with Crippen LogP contribution in [0.15, 0.2) is 14.1 Å². The van der Waals surface area contributed by atoms with E-state index in [0.29, 0.717) is 19.6 Å². The van der Waals surface area contributed by atoms with Crippen molar-refractivity contribution in [3.8, 4) is 0 Å². The van der Waals surface area contributed by atoms with Crippen molar-refractivity contribution in [1.82, 2.24) is 9.62 Å². The largest absolute Gasteiger partial charge is 0.313 e. The monoisotopic (exact) mass is 412 g/mol.